The highest BCUT2D eigenvalue weighted by molar-refractivity contribution is 5.50. The van der Waals surface area contributed by atoms with Gasteiger partial charge in [-0.25, -0.2) is 9.97 Å². The number of nitrogens with one attached hydrogen (secondary N) is 1. The van der Waals surface area contributed by atoms with Crippen LogP contribution in [0.2, 0.25) is 0 Å². The van der Waals surface area contributed by atoms with Crippen molar-refractivity contribution in [1.29, 1.82) is 0 Å². The van der Waals surface area contributed by atoms with Crippen LogP contribution in [0.4, 0.5) is 11.6 Å². The van der Waals surface area contributed by atoms with Crippen molar-refractivity contribution in [2.45, 2.75) is 64.3 Å². The lowest BCUT2D eigenvalue weighted by molar-refractivity contribution is 0.242. The van der Waals surface area contributed by atoms with Crippen LogP contribution in [-0.4, -0.2) is 29.6 Å². The zero-order valence-corrected chi connectivity index (χ0v) is 13.4. The number of aryl methyl sites for hydroxylation is 1. The molecule has 1 aliphatic carbocycles. The maximum absolute atomic E-state index is 4.86. The molecule has 2 heterocycles. The van der Waals surface area contributed by atoms with Crippen LogP contribution in [0.1, 0.15) is 57.7 Å². The van der Waals surface area contributed by atoms with Crippen LogP contribution < -0.4 is 10.2 Å². The van der Waals surface area contributed by atoms with E-state index in [4.69, 9.17) is 4.98 Å². The first-order valence-corrected chi connectivity index (χ1v) is 8.64. The van der Waals surface area contributed by atoms with E-state index in [9.17, 15) is 0 Å². The Morgan fingerprint density at radius 2 is 2.00 bits per heavy atom. The molecule has 1 aromatic heterocycles. The van der Waals surface area contributed by atoms with Gasteiger partial charge in [-0.2, -0.15) is 0 Å². The van der Waals surface area contributed by atoms with E-state index in [-0.39, 0.29) is 0 Å². The van der Waals surface area contributed by atoms with Gasteiger partial charge >= 0.3 is 0 Å². The summed E-state index contributed by atoms with van der Waals surface area (Å²) in [5.74, 6) is 3.98. The molecule has 116 valence electrons. The first-order chi connectivity index (χ1) is 10.3. The monoisotopic (exact) mass is 288 g/mol. The minimum Gasteiger partial charge on any atom is -0.373 e. The molecule has 2 aliphatic rings. The van der Waals surface area contributed by atoms with Gasteiger partial charge in [0.1, 0.15) is 17.5 Å². The first kappa shape index (κ1) is 14.6. The summed E-state index contributed by atoms with van der Waals surface area (Å²) in [6, 6.07) is 2.84. The van der Waals surface area contributed by atoms with Gasteiger partial charge < -0.3 is 10.2 Å². The van der Waals surface area contributed by atoms with Crippen molar-refractivity contribution in [3.63, 3.8) is 0 Å². The molecular formula is C17H28N4. The predicted octanol–water partition coefficient (Wildman–Crippen LogP) is 3.63. The highest BCUT2D eigenvalue weighted by atomic mass is 15.2. The number of rotatable bonds is 4. The minimum absolute atomic E-state index is 0.710. The van der Waals surface area contributed by atoms with Gasteiger partial charge in [0.15, 0.2) is 0 Å². The number of anilines is 2. The fraction of sp³-hybridized carbons (Fsp3) is 0.765. The Morgan fingerprint density at radius 3 is 2.81 bits per heavy atom. The molecule has 4 heteroatoms. The Hall–Kier alpha value is -1.32. The van der Waals surface area contributed by atoms with Gasteiger partial charge in [-0.1, -0.05) is 19.8 Å². The second-order valence-electron chi connectivity index (χ2n) is 6.48. The molecule has 1 aliphatic heterocycles. The molecule has 0 aromatic carbocycles. The molecule has 1 saturated heterocycles. The average Bonchev–Trinajstić information content (AvgIpc) is 2.54. The standard InChI is InChI=1S/C17H28N4/c1-3-7-15-19-16(18-2)12-17(20-15)21-11-6-9-13-8-4-5-10-14(13)21/h12-14H,3-11H2,1-2H3,(H,18,19,20). The zero-order valence-electron chi connectivity index (χ0n) is 13.4. The van der Waals surface area contributed by atoms with E-state index in [0.717, 1.165) is 42.8 Å². The van der Waals surface area contributed by atoms with Crippen molar-refractivity contribution in [3.8, 4) is 0 Å². The lowest BCUT2D eigenvalue weighted by Gasteiger charge is -2.44. The maximum atomic E-state index is 4.86. The van der Waals surface area contributed by atoms with Crippen LogP contribution in [0.15, 0.2) is 6.07 Å². The van der Waals surface area contributed by atoms with Gasteiger partial charge in [-0.05, 0) is 38.0 Å². The maximum Gasteiger partial charge on any atom is 0.134 e. The molecule has 2 fully saturated rings. The van der Waals surface area contributed by atoms with E-state index < -0.39 is 0 Å². The van der Waals surface area contributed by atoms with Crippen LogP contribution in [0, 0.1) is 5.92 Å². The Bertz CT molecular complexity index is 472. The third-order valence-corrected chi connectivity index (χ3v) is 5.03. The van der Waals surface area contributed by atoms with Crippen LogP contribution in [0.5, 0.6) is 0 Å². The molecule has 1 saturated carbocycles. The Morgan fingerprint density at radius 1 is 1.19 bits per heavy atom. The highest BCUT2D eigenvalue weighted by Crippen LogP contribution is 2.37. The fourth-order valence-electron chi connectivity index (χ4n) is 4.00. The Balaban J connectivity index is 1.88. The van der Waals surface area contributed by atoms with Crippen molar-refractivity contribution >= 4 is 11.6 Å². The Kier molecular flexibility index (Phi) is 4.61. The lowest BCUT2D eigenvalue weighted by atomic mass is 9.78. The summed E-state index contributed by atoms with van der Waals surface area (Å²) >= 11 is 0. The molecule has 21 heavy (non-hydrogen) atoms. The smallest absolute Gasteiger partial charge is 0.134 e. The van der Waals surface area contributed by atoms with Gasteiger partial charge in [-0.15, -0.1) is 0 Å². The first-order valence-electron chi connectivity index (χ1n) is 8.64. The molecule has 2 atom stereocenters. The van der Waals surface area contributed by atoms with Gasteiger partial charge in [0.2, 0.25) is 0 Å². The highest BCUT2D eigenvalue weighted by Gasteiger charge is 2.34. The van der Waals surface area contributed by atoms with Gasteiger partial charge in [0.05, 0.1) is 0 Å². The van der Waals surface area contributed by atoms with Crippen LogP contribution in [0.25, 0.3) is 0 Å². The number of aromatic nitrogens is 2. The third-order valence-electron chi connectivity index (χ3n) is 5.03. The van der Waals surface area contributed by atoms with Crippen LogP contribution in [0.3, 0.4) is 0 Å². The van der Waals surface area contributed by atoms with E-state index in [1.54, 1.807) is 0 Å². The second kappa shape index (κ2) is 6.63. The third kappa shape index (κ3) is 3.14. The molecule has 3 rings (SSSR count). The summed E-state index contributed by atoms with van der Waals surface area (Å²) < 4.78 is 0. The summed E-state index contributed by atoms with van der Waals surface area (Å²) in [4.78, 5) is 12.0. The number of hydrogen-bond acceptors (Lipinski definition) is 4. The van der Waals surface area contributed by atoms with Crippen molar-refractivity contribution in [2.75, 3.05) is 23.8 Å². The number of piperidine rings is 1. The zero-order chi connectivity index (χ0) is 14.7. The van der Waals surface area contributed by atoms with Crippen molar-refractivity contribution in [2.24, 2.45) is 5.92 Å². The van der Waals surface area contributed by atoms with Crippen molar-refractivity contribution < 1.29 is 0 Å². The van der Waals surface area contributed by atoms with E-state index in [0.29, 0.717) is 6.04 Å². The summed E-state index contributed by atoms with van der Waals surface area (Å²) in [7, 11) is 1.95. The largest absolute Gasteiger partial charge is 0.373 e. The number of fused-ring (bicyclic) bond motifs is 1. The normalized spacial score (nSPS) is 25.5. The topological polar surface area (TPSA) is 41.1 Å². The Labute approximate surface area is 128 Å². The van der Waals surface area contributed by atoms with E-state index in [2.05, 4.69) is 28.2 Å². The molecule has 0 radical (unpaired) electrons. The van der Waals surface area contributed by atoms with E-state index in [1.165, 1.54) is 38.5 Å². The van der Waals surface area contributed by atoms with Crippen LogP contribution in [-0.2, 0) is 6.42 Å². The van der Waals surface area contributed by atoms with E-state index >= 15 is 0 Å². The van der Waals surface area contributed by atoms with Gasteiger partial charge in [-0.3, -0.25) is 0 Å². The molecule has 0 spiro atoms. The molecule has 1 N–H and O–H groups in total. The average molecular weight is 288 g/mol. The molecule has 4 nitrogen and oxygen atoms in total. The molecular weight excluding hydrogens is 260 g/mol. The quantitative estimate of drug-likeness (QED) is 0.918. The fourth-order valence-corrected chi connectivity index (χ4v) is 4.00. The van der Waals surface area contributed by atoms with E-state index in [1.807, 2.05) is 7.05 Å². The number of hydrogen-bond donors (Lipinski definition) is 1. The summed E-state index contributed by atoms with van der Waals surface area (Å²) in [6.45, 7) is 3.35. The molecule has 0 bridgehead atoms. The van der Waals surface area contributed by atoms with Gasteiger partial charge in [0, 0.05) is 32.1 Å². The van der Waals surface area contributed by atoms with Crippen LogP contribution >= 0.6 is 0 Å². The minimum atomic E-state index is 0.710. The lowest BCUT2D eigenvalue weighted by Crippen LogP contribution is -2.47. The van der Waals surface area contributed by atoms with Gasteiger partial charge in [0.25, 0.3) is 0 Å². The second-order valence-corrected chi connectivity index (χ2v) is 6.48. The summed E-state index contributed by atoms with van der Waals surface area (Å²) in [5, 5.41) is 3.20. The summed E-state index contributed by atoms with van der Waals surface area (Å²) in [6.07, 6.45) is 10.3. The SMILES string of the molecule is CCCc1nc(NC)cc(N2CCCC3CCCCC32)n1. The summed E-state index contributed by atoms with van der Waals surface area (Å²) in [5.41, 5.74) is 0. The molecule has 2 unspecified atom stereocenters. The molecule has 0 amide bonds. The predicted molar refractivity (Wildman–Crippen MR) is 87.9 cm³/mol. The number of nitrogens with zero attached hydrogens (tertiary/aromatic N) is 3. The van der Waals surface area contributed by atoms with Crippen molar-refractivity contribution in [1.82, 2.24) is 9.97 Å². The molecule has 1 aromatic rings. The van der Waals surface area contributed by atoms with Crippen molar-refractivity contribution in [3.05, 3.63) is 11.9 Å².